The molecule has 2 aromatic carbocycles. The molecule has 0 spiro atoms. The predicted molar refractivity (Wildman–Crippen MR) is 97.8 cm³/mol. The average Bonchev–Trinajstić information content (AvgIpc) is 3.44. The van der Waals surface area contributed by atoms with E-state index in [1.165, 1.54) is 19.3 Å². The van der Waals surface area contributed by atoms with Crippen LogP contribution in [-0.2, 0) is 0 Å². The van der Waals surface area contributed by atoms with E-state index in [9.17, 15) is 9.59 Å². The van der Waals surface area contributed by atoms with Gasteiger partial charge in [0.25, 0.3) is 0 Å². The van der Waals surface area contributed by atoms with Gasteiger partial charge in [-0.25, -0.2) is 0 Å². The molecule has 128 valence electrons. The monoisotopic (exact) mass is 333 g/mol. The number of Topliss-reactive ketones (excluding diaryl/α,β-unsaturated/α-hetero) is 2. The van der Waals surface area contributed by atoms with Crippen LogP contribution in [0, 0.1) is 0 Å². The zero-order valence-electron chi connectivity index (χ0n) is 14.3. The third kappa shape index (κ3) is 3.16. The lowest BCUT2D eigenvalue weighted by Gasteiger charge is -2.23. The average molecular weight is 333 g/mol. The molecule has 2 aliphatic rings. The van der Waals surface area contributed by atoms with Gasteiger partial charge in [-0.05, 0) is 12.8 Å². The maximum Gasteiger partial charge on any atom is 0.182 e. The summed E-state index contributed by atoms with van der Waals surface area (Å²) in [5.41, 5.74) is 1.41. The van der Waals surface area contributed by atoms with Crippen LogP contribution in [0.4, 0.5) is 0 Å². The van der Waals surface area contributed by atoms with E-state index in [-0.39, 0.29) is 23.7 Å². The zero-order chi connectivity index (χ0) is 17.2. The van der Waals surface area contributed by atoms with Crippen LogP contribution in [0.25, 0.3) is 0 Å². The summed E-state index contributed by atoms with van der Waals surface area (Å²) in [5, 5.41) is 0. The van der Waals surface area contributed by atoms with Gasteiger partial charge in [-0.2, -0.15) is 0 Å². The minimum Gasteiger partial charge on any atom is -0.292 e. The molecular formula is C22H23NO2. The summed E-state index contributed by atoms with van der Waals surface area (Å²) >= 11 is 0. The molecule has 4 rings (SSSR count). The Hall–Kier alpha value is -2.26. The van der Waals surface area contributed by atoms with Crippen molar-refractivity contribution in [2.75, 3.05) is 0 Å². The summed E-state index contributed by atoms with van der Waals surface area (Å²) in [6.45, 7) is 0. The number of benzene rings is 2. The zero-order valence-corrected chi connectivity index (χ0v) is 14.3. The molecule has 0 bridgehead atoms. The highest BCUT2D eigenvalue weighted by Crippen LogP contribution is 2.40. The van der Waals surface area contributed by atoms with Crippen molar-refractivity contribution in [1.82, 2.24) is 4.90 Å². The van der Waals surface area contributed by atoms with Crippen molar-refractivity contribution in [2.24, 2.45) is 0 Å². The Morgan fingerprint density at radius 1 is 0.680 bits per heavy atom. The van der Waals surface area contributed by atoms with Gasteiger partial charge in [-0.15, -0.1) is 0 Å². The second-order valence-corrected chi connectivity index (χ2v) is 7.09. The third-order valence-electron chi connectivity index (χ3n) is 5.50. The normalized spacial score (nSPS) is 26.2. The van der Waals surface area contributed by atoms with E-state index in [1.54, 1.807) is 0 Å². The summed E-state index contributed by atoms with van der Waals surface area (Å²) in [5.74, 6) is 0.168. The van der Waals surface area contributed by atoms with E-state index in [0.29, 0.717) is 17.2 Å². The highest BCUT2D eigenvalue weighted by Gasteiger charge is 2.59. The lowest BCUT2D eigenvalue weighted by molar-refractivity contribution is 0.0948. The molecule has 0 N–H and O–H groups in total. The Morgan fingerprint density at radius 2 is 1.12 bits per heavy atom. The largest absolute Gasteiger partial charge is 0.292 e. The fraction of sp³-hybridized carbons (Fsp3) is 0.364. The summed E-state index contributed by atoms with van der Waals surface area (Å²) in [6, 6.07) is 18.5. The second kappa shape index (κ2) is 6.93. The third-order valence-corrected chi connectivity index (χ3v) is 5.50. The van der Waals surface area contributed by atoms with Crippen molar-refractivity contribution >= 4 is 11.6 Å². The van der Waals surface area contributed by atoms with Crippen LogP contribution in [0.5, 0.6) is 0 Å². The summed E-state index contributed by atoms with van der Waals surface area (Å²) < 4.78 is 0. The van der Waals surface area contributed by atoms with Crippen molar-refractivity contribution in [3.05, 3.63) is 71.8 Å². The minimum atomic E-state index is -0.293. The maximum absolute atomic E-state index is 13.0. The van der Waals surface area contributed by atoms with Gasteiger partial charge in [-0.1, -0.05) is 79.9 Å². The van der Waals surface area contributed by atoms with Gasteiger partial charge in [0.2, 0.25) is 0 Å². The van der Waals surface area contributed by atoms with Crippen LogP contribution in [0.2, 0.25) is 0 Å². The van der Waals surface area contributed by atoms with Gasteiger partial charge in [0, 0.05) is 17.2 Å². The van der Waals surface area contributed by atoms with Crippen LogP contribution in [0.15, 0.2) is 60.7 Å². The van der Waals surface area contributed by atoms with Crippen LogP contribution < -0.4 is 0 Å². The first-order valence-electron chi connectivity index (χ1n) is 9.23. The van der Waals surface area contributed by atoms with Gasteiger partial charge >= 0.3 is 0 Å². The minimum absolute atomic E-state index is 0.0838. The molecule has 3 nitrogen and oxygen atoms in total. The second-order valence-electron chi connectivity index (χ2n) is 7.09. The Morgan fingerprint density at radius 3 is 1.56 bits per heavy atom. The molecule has 1 heterocycles. The predicted octanol–water partition coefficient (Wildman–Crippen LogP) is 4.14. The quantitative estimate of drug-likeness (QED) is 0.610. The van der Waals surface area contributed by atoms with Crippen LogP contribution in [0.1, 0.15) is 52.8 Å². The smallest absolute Gasteiger partial charge is 0.182 e. The Labute approximate surface area is 148 Å². The standard InChI is InChI=1S/C22H23NO2/c24-21(16-10-4-1-5-11-16)19-20(22(25)17-12-6-2-7-13-17)23(19)18-14-8-3-9-15-18/h1-2,4-7,10-13,18-20H,3,8-9,14-15H2/t19-,20-/m1/s1. The van der Waals surface area contributed by atoms with E-state index in [0.717, 1.165) is 12.8 Å². The van der Waals surface area contributed by atoms with Crippen LogP contribution >= 0.6 is 0 Å². The van der Waals surface area contributed by atoms with Crippen molar-refractivity contribution in [1.29, 1.82) is 0 Å². The van der Waals surface area contributed by atoms with Crippen molar-refractivity contribution in [2.45, 2.75) is 50.2 Å². The summed E-state index contributed by atoms with van der Waals surface area (Å²) in [7, 11) is 0. The van der Waals surface area contributed by atoms with E-state index in [4.69, 9.17) is 0 Å². The van der Waals surface area contributed by atoms with E-state index >= 15 is 0 Å². The fourth-order valence-corrected chi connectivity index (χ4v) is 4.19. The van der Waals surface area contributed by atoms with Crippen molar-refractivity contribution < 1.29 is 9.59 Å². The van der Waals surface area contributed by atoms with Gasteiger partial charge < -0.3 is 0 Å². The number of nitrogens with zero attached hydrogens (tertiary/aromatic N) is 1. The highest BCUT2D eigenvalue weighted by molar-refractivity contribution is 6.12. The molecule has 25 heavy (non-hydrogen) atoms. The molecule has 2 fully saturated rings. The number of carbonyl (C=O) groups is 2. The molecule has 1 saturated heterocycles. The van der Waals surface area contributed by atoms with Crippen molar-refractivity contribution in [3.8, 4) is 0 Å². The molecule has 1 aliphatic carbocycles. The molecule has 3 heteroatoms. The number of hydrogen-bond donors (Lipinski definition) is 0. The molecule has 0 radical (unpaired) electrons. The summed E-state index contributed by atoms with van der Waals surface area (Å²) in [6.07, 6.45) is 5.84. The molecule has 1 aliphatic heterocycles. The molecule has 0 unspecified atom stereocenters. The first-order valence-corrected chi connectivity index (χ1v) is 9.23. The van der Waals surface area contributed by atoms with Gasteiger partial charge in [0.1, 0.15) is 0 Å². The SMILES string of the molecule is O=C(c1ccccc1)[C@H]1[C@H](C(=O)c2ccccc2)N1C1CCCCC1. The van der Waals surface area contributed by atoms with Gasteiger partial charge in [-0.3, -0.25) is 14.5 Å². The Balaban J connectivity index is 1.60. The molecule has 2 atom stereocenters. The molecule has 0 aromatic heterocycles. The number of carbonyl (C=O) groups excluding carboxylic acids is 2. The van der Waals surface area contributed by atoms with E-state index in [2.05, 4.69) is 4.90 Å². The first kappa shape index (κ1) is 16.2. The van der Waals surface area contributed by atoms with Crippen LogP contribution in [-0.4, -0.2) is 34.6 Å². The molecular weight excluding hydrogens is 310 g/mol. The highest BCUT2D eigenvalue weighted by atomic mass is 16.1. The fourth-order valence-electron chi connectivity index (χ4n) is 4.19. The van der Waals surface area contributed by atoms with Gasteiger partial charge in [0.05, 0.1) is 12.1 Å². The lowest BCUT2D eigenvalue weighted by Crippen LogP contribution is -2.27. The van der Waals surface area contributed by atoms with Crippen molar-refractivity contribution in [3.63, 3.8) is 0 Å². The molecule has 0 amide bonds. The lowest BCUT2D eigenvalue weighted by atomic mass is 9.95. The summed E-state index contributed by atoms with van der Waals surface area (Å²) in [4.78, 5) is 28.2. The van der Waals surface area contributed by atoms with Gasteiger partial charge in [0.15, 0.2) is 11.6 Å². The van der Waals surface area contributed by atoms with Crippen LogP contribution in [0.3, 0.4) is 0 Å². The topological polar surface area (TPSA) is 37.1 Å². The van der Waals surface area contributed by atoms with E-state index < -0.39 is 0 Å². The number of rotatable bonds is 5. The van der Waals surface area contributed by atoms with E-state index in [1.807, 2.05) is 60.7 Å². The maximum atomic E-state index is 13.0. The number of hydrogen-bond acceptors (Lipinski definition) is 3. The first-order chi connectivity index (χ1) is 12.3. The number of ketones is 2. The molecule has 1 saturated carbocycles. The Kier molecular flexibility index (Phi) is 4.50. The Bertz CT molecular complexity index is 693. The molecule has 2 aromatic rings.